The van der Waals surface area contributed by atoms with E-state index in [1.54, 1.807) is 18.5 Å². The van der Waals surface area contributed by atoms with Crippen molar-refractivity contribution < 1.29 is 4.79 Å². The number of hydrogen-bond acceptors (Lipinski definition) is 6. The van der Waals surface area contributed by atoms with E-state index >= 15 is 0 Å². The first-order valence-corrected chi connectivity index (χ1v) is 10.7. The minimum atomic E-state index is -0.174. The van der Waals surface area contributed by atoms with Crippen LogP contribution in [0.3, 0.4) is 0 Å². The van der Waals surface area contributed by atoms with Crippen LogP contribution in [0, 0.1) is 0 Å². The van der Waals surface area contributed by atoms with Gasteiger partial charge in [-0.05, 0) is 43.2 Å². The van der Waals surface area contributed by atoms with E-state index in [9.17, 15) is 9.59 Å². The van der Waals surface area contributed by atoms with E-state index in [1.807, 2.05) is 41.3 Å². The van der Waals surface area contributed by atoms with Crippen LogP contribution in [0.1, 0.15) is 22.6 Å². The lowest BCUT2D eigenvalue weighted by atomic mass is 10.2. The lowest BCUT2D eigenvalue weighted by molar-refractivity contribution is 0.0720. The van der Waals surface area contributed by atoms with Crippen molar-refractivity contribution in [1.82, 2.24) is 24.6 Å². The van der Waals surface area contributed by atoms with E-state index in [4.69, 9.17) is 0 Å². The average Bonchev–Trinajstić information content (AvgIpc) is 3.42. The van der Waals surface area contributed by atoms with Gasteiger partial charge in [-0.2, -0.15) is 5.10 Å². The molecule has 0 N–H and O–H groups in total. The second-order valence-corrected chi connectivity index (χ2v) is 8.29. The second-order valence-electron chi connectivity index (χ2n) is 7.26. The molecule has 1 fully saturated rings. The smallest absolute Gasteiger partial charge is 0.283 e. The fraction of sp³-hybridized carbons (Fsp3) is 0.227. The summed E-state index contributed by atoms with van der Waals surface area (Å²) in [5.41, 5.74) is 2.27. The molecule has 0 saturated carbocycles. The average molecular weight is 417 g/mol. The molecule has 3 aromatic heterocycles. The van der Waals surface area contributed by atoms with E-state index in [1.165, 1.54) is 22.1 Å². The van der Waals surface area contributed by atoms with Crippen LogP contribution in [0.5, 0.6) is 0 Å². The maximum Gasteiger partial charge on any atom is 0.283 e. The number of aromatic nitrogens is 4. The largest absolute Gasteiger partial charge is 0.332 e. The number of rotatable bonds is 4. The first-order chi connectivity index (χ1) is 14.7. The Morgan fingerprint density at radius 3 is 2.77 bits per heavy atom. The highest BCUT2D eigenvalue weighted by Crippen LogP contribution is 2.26. The molecule has 8 heteroatoms. The van der Waals surface area contributed by atoms with E-state index < -0.39 is 0 Å². The van der Waals surface area contributed by atoms with Crippen LogP contribution in [0.4, 0.5) is 0 Å². The lowest BCUT2D eigenvalue weighted by Gasteiger charge is -2.24. The third-order valence-corrected chi connectivity index (χ3v) is 6.37. The monoisotopic (exact) mass is 417 g/mol. The summed E-state index contributed by atoms with van der Waals surface area (Å²) in [5, 5.41) is 5.03. The molecular formula is C22H19N5O2S. The molecule has 4 aromatic rings. The Balaban J connectivity index is 1.40. The summed E-state index contributed by atoms with van der Waals surface area (Å²) < 4.78 is 2.46. The molecule has 1 saturated heterocycles. The summed E-state index contributed by atoms with van der Waals surface area (Å²) >= 11 is 1.41. The third kappa shape index (κ3) is 3.50. The number of para-hydroxylation sites is 1. The van der Waals surface area contributed by atoms with Gasteiger partial charge in [0, 0.05) is 30.6 Å². The summed E-state index contributed by atoms with van der Waals surface area (Å²) in [4.78, 5) is 35.9. The highest BCUT2D eigenvalue weighted by molar-refractivity contribution is 7.20. The Kier molecular flexibility index (Phi) is 4.84. The van der Waals surface area contributed by atoms with Crippen LogP contribution >= 0.6 is 11.3 Å². The van der Waals surface area contributed by atoms with Crippen molar-refractivity contribution in [3.63, 3.8) is 0 Å². The van der Waals surface area contributed by atoms with Gasteiger partial charge in [-0.3, -0.25) is 14.6 Å². The topological polar surface area (TPSA) is 81.0 Å². The zero-order valence-corrected chi connectivity index (χ0v) is 17.0. The van der Waals surface area contributed by atoms with Crippen molar-refractivity contribution >= 4 is 27.5 Å². The van der Waals surface area contributed by atoms with E-state index in [0.717, 1.165) is 28.6 Å². The van der Waals surface area contributed by atoms with Crippen LogP contribution in [0.25, 0.3) is 21.5 Å². The number of carbonyl (C=O) groups is 1. The summed E-state index contributed by atoms with van der Waals surface area (Å²) in [6.45, 7) is 1.03. The number of thiazole rings is 1. The standard InChI is InChI=1S/C22H19N5O2S/c28-20-8-7-17(15-9-11-23-12-10-15)25-27(20)14-16-4-3-13-26(16)22(29)21-24-18-5-1-2-6-19(18)30-21/h1-2,5-12,16H,3-4,13-14H2. The fourth-order valence-corrected chi connectivity index (χ4v) is 4.76. The van der Waals surface area contributed by atoms with Crippen LogP contribution in [0.2, 0.25) is 0 Å². The zero-order chi connectivity index (χ0) is 20.5. The summed E-state index contributed by atoms with van der Waals surface area (Å²) in [6, 6.07) is 14.6. The van der Waals surface area contributed by atoms with Crippen molar-refractivity contribution in [2.45, 2.75) is 25.4 Å². The van der Waals surface area contributed by atoms with Gasteiger partial charge in [-0.1, -0.05) is 12.1 Å². The lowest BCUT2D eigenvalue weighted by Crippen LogP contribution is -2.40. The molecule has 0 spiro atoms. The predicted molar refractivity (Wildman–Crippen MR) is 115 cm³/mol. The fourth-order valence-electron chi connectivity index (χ4n) is 3.84. The Bertz CT molecular complexity index is 1230. The Morgan fingerprint density at radius 1 is 1.10 bits per heavy atom. The molecule has 0 bridgehead atoms. The molecule has 7 nitrogen and oxygen atoms in total. The first kappa shape index (κ1) is 18.6. The minimum absolute atomic E-state index is 0.0722. The number of nitrogens with zero attached hydrogens (tertiary/aromatic N) is 5. The normalized spacial score (nSPS) is 16.3. The molecule has 1 amide bonds. The number of amides is 1. The van der Waals surface area contributed by atoms with Crippen LogP contribution in [-0.4, -0.2) is 43.1 Å². The van der Waals surface area contributed by atoms with Crippen molar-refractivity contribution in [2.24, 2.45) is 0 Å². The number of fused-ring (bicyclic) bond motifs is 1. The number of benzene rings is 1. The number of pyridine rings is 1. The highest BCUT2D eigenvalue weighted by Gasteiger charge is 2.31. The highest BCUT2D eigenvalue weighted by atomic mass is 32.1. The third-order valence-electron chi connectivity index (χ3n) is 5.34. The molecule has 1 unspecified atom stereocenters. The molecule has 4 heterocycles. The van der Waals surface area contributed by atoms with Crippen LogP contribution < -0.4 is 5.56 Å². The molecule has 1 atom stereocenters. The van der Waals surface area contributed by atoms with Gasteiger partial charge in [0.1, 0.15) is 0 Å². The van der Waals surface area contributed by atoms with E-state index in [0.29, 0.717) is 23.8 Å². The van der Waals surface area contributed by atoms with Crippen molar-refractivity contribution in [2.75, 3.05) is 6.54 Å². The van der Waals surface area contributed by atoms with Gasteiger partial charge in [0.05, 0.1) is 28.5 Å². The van der Waals surface area contributed by atoms with Gasteiger partial charge >= 0.3 is 0 Å². The van der Waals surface area contributed by atoms with Gasteiger partial charge in [0.2, 0.25) is 0 Å². The molecule has 150 valence electrons. The second kappa shape index (κ2) is 7.79. The molecule has 0 radical (unpaired) electrons. The molecule has 1 aromatic carbocycles. The predicted octanol–water partition coefficient (Wildman–Crippen LogP) is 3.22. The summed E-state index contributed by atoms with van der Waals surface area (Å²) in [7, 11) is 0. The van der Waals surface area contributed by atoms with Crippen molar-refractivity contribution in [1.29, 1.82) is 0 Å². The molecule has 1 aliphatic heterocycles. The minimum Gasteiger partial charge on any atom is -0.332 e. The van der Waals surface area contributed by atoms with E-state index in [-0.39, 0.29) is 17.5 Å². The van der Waals surface area contributed by atoms with Crippen molar-refractivity contribution in [3.8, 4) is 11.3 Å². The molecule has 0 aliphatic carbocycles. The molecular weight excluding hydrogens is 398 g/mol. The SMILES string of the molecule is O=C(c1nc2ccccc2s1)N1CCCC1Cn1nc(-c2ccncc2)ccc1=O. The van der Waals surface area contributed by atoms with Gasteiger partial charge in [0.25, 0.3) is 11.5 Å². The molecule has 5 rings (SSSR count). The van der Waals surface area contributed by atoms with Crippen LogP contribution in [-0.2, 0) is 6.54 Å². The van der Waals surface area contributed by atoms with Gasteiger partial charge < -0.3 is 4.90 Å². The first-order valence-electron chi connectivity index (χ1n) is 9.84. The number of likely N-dealkylation sites (tertiary alicyclic amines) is 1. The Hall–Kier alpha value is -3.39. The maximum atomic E-state index is 13.1. The van der Waals surface area contributed by atoms with E-state index in [2.05, 4.69) is 15.1 Å². The van der Waals surface area contributed by atoms with Crippen molar-refractivity contribution in [3.05, 3.63) is 76.3 Å². The summed E-state index contributed by atoms with van der Waals surface area (Å²) in [6.07, 6.45) is 5.13. The van der Waals surface area contributed by atoms with Crippen LogP contribution in [0.15, 0.2) is 65.7 Å². The van der Waals surface area contributed by atoms with Gasteiger partial charge in [0.15, 0.2) is 5.01 Å². The quantitative estimate of drug-likeness (QED) is 0.509. The zero-order valence-electron chi connectivity index (χ0n) is 16.1. The molecule has 1 aliphatic rings. The Morgan fingerprint density at radius 2 is 1.93 bits per heavy atom. The summed E-state index contributed by atoms with van der Waals surface area (Å²) in [5.74, 6) is -0.0722. The molecule has 30 heavy (non-hydrogen) atoms. The van der Waals surface area contributed by atoms with Gasteiger partial charge in [-0.15, -0.1) is 11.3 Å². The number of hydrogen-bond donors (Lipinski definition) is 0. The Labute approximate surface area is 176 Å². The number of carbonyl (C=O) groups excluding carboxylic acids is 1. The van der Waals surface area contributed by atoms with Gasteiger partial charge in [-0.25, -0.2) is 9.67 Å². The maximum absolute atomic E-state index is 13.1.